The molecule has 34 heavy (non-hydrogen) atoms. The Hall–Kier alpha value is -4.06. The molecule has 6 nitrogen and oxygen atoms in total. The Morgan fingerprint density at radius 3 is 1.76 bits per heavy atom. The SMILES string of the molecule is C[C@H](NC(=O)C(=Cc1ccc2c(c1)OCCO2)C(=O)N[C@@H](C)c1ccccc1)c1ccccc1. The van der Waals surface area contributed by atoms with Crippen LogP contribution < -0.4 is 20.1 Å². The molecule has 0 radical (unpaired) electrons. The molecule has 1 aliphatic heterocycles. The minimum atomic E-state index is -0.455. The number of amides is 2. The molecule has 0 aliphatic carbocycles. The van der Waals surface area contributed by atoms with Gasteiger partial charge in [-0.1, -0.05) is 66.7 Å². The summed E-state index contributed by atoms with van der Waals surface area (Å²) in [5.74, 6) is 0.331. The smallest absolute Gasteiger partial charge is 0.257 e. The van der Waals surface area contributed by atoms with Crippen molar-refractivity contribution >= 4 is 17.9 Å². The molecule has 3 aromatic carbocycles. The zero-order valence-corrected chi connectivity index (χ0v) is 19.3. The summed E-state index contributed by atoms with van der Waals surface area (Å²) in [4.78, 5) is 26.6. The van der Waals surface area contributed by atoms with Crippen molar-refractivity contribution in [1.29, 1.82) is 0 Å². The lowest BCUT2D eigenvalue weighted by Crippen LogP contribution is -2.36. The molecule has 174 valence electrons. The van der Waals surface area contributed by atoms with Crippen molar-refractivity contribution in [2.45, 2.75) is 25.9 Å². The van der Waals surface area contributed by atoms with Gasteiger partial charge in [0.05, 0.1) is 12.1 Å². The number of nitrogens with one attached hydrogen (secondary N) is 2. The molecule has 2 atom stereocenters. The Morgan fingerprint density at radius 2 is 1.24 bits per heavy atom. The third kappa shape index (κ3) is 5.64. The zero-order valence-electron chi connectivity index (χ0n) is 19.3. The van der Waals surface area contributed by atoms with E-state index in [2.05, 4.69) is 10.6 Å². The average Bonchev–Trinajstić information content (AvgIpc) is 2.88. The molecule has 0 fully saturated rings. The van der Waals surface area contributed by atoms with Gasteiger partial charge in [0.2, 0.25) is 0 Å². The summed E-state index contributed by atoms with van der Waals surface area (Å²) in [5.41, 5.74) is 2.59. The molecule has 0 spiro atoms. The van der Waals surface area contributed by atoms with Gasteiger partial charge >= 0.3 is 0 Å². The molecule has 2 N–H and O–H groups in total. The maximum Gasteiger partial charge on any atom is 0.257 e. The molecule has 0 saturated carbocycles. The lowest BCUT2D eigenvalue weighted by Gasteiger charge is -2.20. The summed E-state index contributed by atoms with van der Waals surface area (Å²) in [7, 11) is 0. The van der Waals surface area contributed by atoms with E-state index in [0.29, 0.717) is 30.3 Å². The molecule has 3 aromatic rings. The van der Waals surface area contributed by atoms with E-state index < -0.39 is 11.8 Å². The summed E-state index contributed by atoms with van der Waals surface area (Å²) in [6.45, 7) is 4.73. The number of ether oxygens (including phenoxy) is 2. The van der Waals surface area contributed by atoms with Crippen molar-refractivity contribution in [3.05, 3.63) is 101 Å². The highest BCUT2D eigenvalue weighted by molar-refractivity contribution is 6.21. The van der Waals surface area contributed by atoms with E-state index in [4.69, 9.17) is 9.47 Å². The van der Waals surface area contributed by atoms with E-state index in [0.717, 1.165) is 11.1 Å². The monoisotopic (exact) mass is 456 g/mol. The van der Waals surface area contributed by atoms with Crippen molar-refractivity contribution in [2.75, 3.05) is 13.2 Å². The molecule has 0 bridgehead atoms. The molecule has 0 unspecified atom stereocenters. The van der Waals surface area contributed by atoms with Gasteiger partial charge in [0.15, 0.2) is 11.5 Å². The normalized spacial score (nSPS) is 13.8. The van der Waals surface area contributed by atoms with Gasteiger partial charge in [-0.2, -0.15) is 0 Å². The summed E-state index contributed by atoms with van der Waals surface area (Å²) in [6, 6.07) is 24.1. The second-order valence-corrected chi connectivity index (χ2v) is 8.17. The molecule has 4 rings (SSSR count). The lowest BCUT2D eigenvalue weighted by atomic mass is 10.0. The van der Waals surface area contributed by atoms with E-state index in [1.807, 2.05) is 74.5 Å². The van der Waals surface area contributed by atoms with E-state index >= 15 is 0 Å². The van der Waals surface area contributed by atoms with Crippen molar-refractivity contribution in [3.8, 4) is 11.5 Å². The summed E-state index contributed by atoms with van der Waals surface area (Å²) < 4.78 is 11.2. The molecular formula is C28H28N2O4. The predicted molar refractivity (Wildman–Crippen MR) is 131 cm³/mol. The Kier molecular flexibility index (Phi) is 7.28. The van der Waals surface area contributed by atoms with Crippen LogP contribution in [0.3, 0.4) is 0 Å². The van der Waals surface area contributed by atoms with Gasteiger partial charge < -0.3 is 20.1 Å². The van der Waals surface area contributed by atoms with Gasteiger partial charge in [-0.3, -0.25) is 9.59 Å². The fourth-order valence-corrected chi connectivity index (χ4v) is 3.75. The van der Waals surface area contributed by atoms with Gasteiger partial charge in [0, 0.05) is 0 Å². The number of carbonyl (C=O) groups excluding carboxylic acids is 2. The molecule has 2 amide bonds. The van der Waals surface area contributed by atoms with Crippen LogP contribution in [0.25, 0.3) is 6.08 Å². The summed E-state index contributed by atoms with van der Waals surface area (Å²) in [5, 5.41) is 5.90. The van der Waals surface area contributed by atoms with Crippen LogP contribution in [0.5, 0.6) is 11.5 Å². The highest BCUT2D eigenvalue weighted by Gasteiger charge is 2.23. The van der Waals surface area contributed by atoms with Crippen LogP contribution >= 0.6 is 0 Å². The molecule has 0 aromatic heterocycles. The van der Waals surface area contributed by atoms with Gasteiger partial charge in [0.1, 0.15) is 18.8 Å². The third-order valence-electron chi connectivity index (χ3n) is 5.66. The molecule has 6 heteroatoms. The third-order valence-corrected chi connectivity index (χ3v) is 5.66. The molecular weight excluding hydrogens is 428 g/mol. The van der Waals surface area contributed by atoms with Gasteiger partial charge in [-0.05, 0) is 48.7 Å². The fourth-order valence-electron chi connectivity index (χ4n) is 3.75. The van der Waals surface area contributed by atoms with Crippen LogP contribution in [0.15, 0.2) is 84.4 Å². The van der Waals surface area contributed by atoms with Gasteiger partial charge in [-0.15, -0.1) is 0 Å². The molecule has 1 heterocycles. The maximum absolute atomic E-state index is 13.3. The quantitative estimate of drug-likeness (QED) is 0.310. The first-order valence-corrected chi connectivity index (χ1v) is 11.3. The van der Waals surface area contributed by atoms with Crippen LogP contribution in [0.2, 0.25) is 0 Å². The number of hydrogen-bond acceptors (Lipinski definition) is 4. The minimum absolute atomic E-state index is 0.0160. The Labute approximate surface area is 199 Å². The number of benzene rings is 3. The highest BCUT2D eigenvalue weighted by atomic mass is 16.6. The summed E-state index contributed by atoms with van der Waals surface area (Å²) >= 11 is 0. The topological polar surface area (TPSA) is 76.7 Å². The standard InChI is InChI=1S/C28H28N2O4/c1-19(22-9-5-3-6-10-22)29-27(31)24(28(32)30-20(2)23-11-7-4-8-12-23)17-21-13-14-25-26(18-21)34-16-15-33-25/h3-14,17-20H,15-16H2,1-2H3,(H,29,31)(H,30,32)/t19-,20-/m0/s1. The van der Waals surface area contributed by atoms with Crippen LogP contribution in [0.1, 0.15) is 42.6 Å². The lowest BCUT2D eigenvalue weighted by molar-refractivity contribution is -0.124. The van der Waals surface area contributed by atoms with Crippen LogP contribution in [0.4, 0.5) is 0 Å². The Bertz CT molecular complexity index is 1110. The second-order valence-electron chi connectivity index (χ2n) is 8.17. The van der Waals surface area contributed by atoms with Gasteiger partial charge in [0.25, 0.3) is 11.8 Å². The van der Waals surface area contributed by atoms with E-state index in [1.165, 1.54) is 0 Å². The van der Waals surface area contributed by atoms with Crippen LogP contribution in [-0.4, -0.2) is 25.0 Å². The van der Waals surface area contributed by atoms with Gasteiger partial charge in [-0.25, -0.2) is 0 Å². The second kappa shape index (κ2) is 10.7. The highest BCUT2D eigenvalue weighted by Crippen LogP contribution is 2.31. The number of carbonyl (C=O) groups is 2. The molecule has 0 saturated heterocycles. The van der Waals surface area contributed by atoms with Crippen molar-refractivity contribution in [1.82, 2.24) is 10.6 Å². The van der Waals surface area contributed by atoms with E-state index in [9.17, 15) is 9.59 Å². The Morgan fingerprint density at radius 1 is 0.735 bits per heavy atom. The fraction of sp³-hybridized carbons (Fsp3) is 0.214. The van der Waals surface area contributed by atoms with Crippen molar-refractivity contribution < 1.29 is 19.1 Å². The first kappa shape index (κ1) is 23.1. The van der Waals surface area contributed by atoms with Crippen LogP contribution in [-0.2, 0) is 9.59 Å². The van der Waals surface area contributed by atoms with Crippen molar-refractivity contribution in [3.63, 3.8) is 0 Å². The largest absolute Gasteiger partial charge is 0.486 e. The Balaban J connectivity index is 1.60. The number of fused-ring (bicyclic) bond motifs is 1. The average molecular weight is 457 g/mol. The van der Waals surface area contributed by atoms with Crippen LogP contribution in [0, 0.1) is 0 Å². The van der Waals surface area contributed by atoms with E-state index in [1.54, 1.807) is 24.3 Å². The number of rotatable bonds is 7. The predicted octanol–water partition coefficient (Wildman–Crippen LogP) is 4.60. The van der Waals surface area contributed by atoms with E-state index in [-0.39, 0.29) is 17.7 Å². The molecule has 1 aliphatic rings. The number of hydrogen-bond donors (Lipinski definition) is 2. The van der Waals surface area contributed by atoms with Crippen molar-refractivity contribution in [2.24, 2.45) is 0 Å². The first-order chi connectivity index (χ1) is 16.5. The zero-order chi connectivity index (χ0) is 23.9. The first-order valence-electron chi connectivity index (χ1n) is 11.3. The minimum Gasteiger partial charge on any atom is -0.486 e. The summed E-state index contributed by atoms with van der Waals surface area (Å²) in [6.07, 6.45) is 1.58. The maximum atomic E-state index is 13.3.